The van der Waals surface area contributed by atoms with Crippen LogP contribution >= 0.6 is 34.7 Å². The predicted octanol–water partition coefficient (Wildman–Crippen LogP) is 5.24. The third kappa shape index (κ3) is 5.35. The minimum absolute atomic E-state index is 0.123. The van der Waals surface area contributed by atoms with E-state index in [0.29, 0.717) is 33.4 Å². The van der Waals surface area contributed by atoms with Gasteiger partial charge in [-0.15, -0.1) is 20.4 Å². The van der Waals surface area contributed by atoms with E-state index in [1.165, 1.54) is 30.0 Å². The van der Waals surface area contributed by atoms with Gasteiger partial charge in [0.1, 0.15) is 0 Å². The van der Waals surface area contributed by atoms with E-state index in [2.05, 4.69) is 31.0 Å². The van der Waals surface area contributed by atoms with Crippen LogP contribution in [0.2, 0.25) is 5.02 Å². The Morgan fingerprint density at radius 2 is 1.90 bits per heavy atom. The van der Waals surface area contributed by atoms with Gasteiger partial charge >= 0.3 is 0 Å². The number of hydrogen-bond donors (Lipinski definition) is 2. The number of nitrogens with zero attached hydrogens (tertiary/aromatic N) is 4. The Kier molecular flexibility index (Phi) is 6.26. The number of carbonyl (C=O) groups is 1. The summed E-state index contributed by atoms with van der Waals surface area (Å²) in [5.74, 6) is 1.30. The van der Waals surface area contributed by atoms with E-state index < -0.39 is 0 Å². The average Bonchev–Trinajstić information content (AvgIpc) is 3.36. The molecule has 0 fully saturated rings. The molecule has 0 atom stereocenters. The van der Waals surface area contributed by atoms with Crippen molar-refractivity contribution in [2.45, 2.75) is 17.0 Å². The molecule has 0 unspecified atom stereocenters. The summed E-state index contributed by atoms with van der Waals surface area (Å²) >= 11 is 8.77. The zero-order valence-corrected chi connectivity index (χ0v) is 18.0. The fourth-order valence-electron chi connectivity index (χ4n) is 2.46. The highest BCUT2D eigenvalue weighted by molar-refractivity contribution is 8.00. The maximum Gasteiger partial charge on any atom is 0.247 e. The standard InChI is InChI=1S/C19H15ClN6O2S2/c1-11(27)21-14-3-2-4-15(9-14)22-18-25-26-19(30-18)29-10-16-23-24-17(28-16)12-5-7-13(20)8-6-12/h2-9H,10H2,1H3,(H,21,27)(H,22,25). The number of halogens is 1. The van der Waals surface area contributed by atoms with Crippen LogP contribution in [-0.4, -0.2) is 26.3 Å². The van der Waals surface area contributed by atoms with Crippen molar-refractivity contribution >= 4 is 57.1 Å². The molecule has 11 heteroatoms. The van der Waals surface area contributed by atoms with Crippen LogP contribution in [0, 0.1) is 0 Å². The molecule has 2 aromatic carbocycles. The Labute approximate surface area is 185 Å². The van der Waals surface area contributed by atoms with Gasteiger partial charge in [0, 0.05) is 28.9 Å². The molecule has 0 radical (unpaired) electrons. The lowest BCUT2D eigenvalue weighted by molar-refractivity contribution is -0.114. The summed E-state index contributed by atoms with van der Waals surface area (Å²) in [6.45, 7) is 1.47. The van der Waals surface area contributed by atoms with E-state index in [4.69, 9.17) is 16.0 Å². The van der Waals surface area contributed by atoms with Crippen molar-refractivity contribution in [2.75, 3.05) is 10.6 Å². The van der Waals surface area contributed by atoms with E-state index >= 15 is 0 Å². The van der Waals surface area contributed by atoms with Crippen LogP contribution < -0.4 is 10.6 Å². The van der Waals surface area contributed by atoms with Crippen molar-refractivity contribution in [1.29, 1.82) is 0 Å². The highest BCUT2D eigenvalue weighted by atomic mass is 35.5. The molecule has 0 aliphatic heterocycles. The first kappa shape index (κ1) is 20.3. The van der Waals surface area contributed by atoms with Crippen LogP contribution in [0.4, 0.5) is 16.5 Å². The molecule has 0 bridgehead atoms. The molecular weight excluding hydrogens is 444 g/mol. The fraction of sp³-hybridized carbons (Fsp3) is 0.105. The van der Waals surface area contributed by atoms with Gasteiger partial charge in [0.25, 0.3) is 0 Å². The molecule has 2 N–H and O–H groups in total. The SMILES string of the molecule is CC(=O)Nc1cccc(Nc2nnc(SCc3nnc(-c4ccc(Cl)cc4)o3)s2)c1. The van der Waals surface area contributed by atoms with Crippen LogP contribution in [0.5, 0.6) is 0 Å². The second-order valence-corrected chi connectivity index (χ2v) is 8.69. The van der Waals surface area contributed by atoms with Crippen molar-refractivity contribution in [2.24, 2.45) is 0 Å². The van der Waals surface area contributed by atoms with E-state index in [-0.39, 0.29) is 5.91 Å². The van der Waals surface area contributed by atoms with Crippen LogP contribution in [0.25, 0.3) is 11.5 Å². The molecule has 152 valence electrons. The Morgan fingerprint density at radius 1 is 1.10 bits per heavy atom. The monoisotopic (exact) mass is 458 g/mol. The van der Waals surface area contributed by atoms with Gasteiger partial charge in [0.05, 0.1) is 5.75 Å². The molecule has 2 heterocycles. The van der Waals surface area contributed by atoms with Crippen molar-refractivity contribution in [3.63, 3.8) is 0 Å². The van der Waals surface area contributed by atoms with Gasteiger partial charge in [-0.05, 0) is 42.5 Å². The van der Waals surface area contributed by atoms with Crippen molar-refractivity contribution in [1.82, 2.24) is 20.4 Å². The molecule has 4 aromatic rings. The minimum atomic E-state index is -0.123. The average molecular weight is 459 g/mol. The number of rotatable bonds is 7. The number of nitrogens with one attached hydrogen (secondary N) is 2. The normalized spacial score (nSPS) is 10.7. The summed E-state index contributed by atoms with van der Waals surface area (Å²) < 4.78 is 6.46. The molecule has 0 aliphatic rings. The molecule has 1 amide bonds. The van der Waals surface area contributed by atoms with Crippen LogP contribution in [0.15, 0.2) is 57.3 Å². The highest BCUT2D eigenvalue weighted by Gasteiger charge is 2.11. The van der Waals surface area contributed by atoms with E-state index in [1.807, 2.05) is 36.4 Å². The van der Waals surface area contributed by atoms with Crippen molar-refractivity contribution in [3.8, 4) is 11.5 Å². The Bertz CT molecular complexity index is 1160. The minimum Gasteiger partial charge on any atom is -0.420 e. The summed E-state index contributed by atoms with van der Waals surface area (Å²) in [7, 11) is 0. The van der Waals surface area contributed by atoms with Crippen LogP contribution in [0.1, 0.15) is 12.8 Å². The molecule has 0 spiro atoms. The smallest absolute Gasteiger partial charge is 0.247 e. The van der Waals surface area contributed by atoms with Gasteiger partial charge in [-0.1, -0.05) is 40.8 Å². The van der Waals surface area contributed by atoms with Crippen LogP contribution in [-0.2, 0) is 10.5 Å². The first-order chi connectivity index (χ1) is 14.5. The number of carbonyl (C=O) groups excluding carboxylic acids is 1. The highest BCUT2D eigenvalue weighted by Crippen LogP contribution is 2.31. The molecular formula is C19H15ClN6O2S2. The topological polar surface area (TPSA) is 106 Å². The summed E-state index contributed by atoms with van der Waals surface area (Å²) in [6.07, 6.45) is 0. The molecule has 0 saturated carbocycles. The molecule has 4 rings (SSSR count). The van der Waals surface area contributed by atoms with Crippen LogP contribution in [0.3, 0.4) is 0 Å². The Balaban J connectivity index is 1.35. The lowest BCUT2D eigenvalue weighted by Gasteiger charge is -2.05. The predicted molar refractivity (Wildman–Crippen MR) is 118 cm³/mol. The van der Waals surface area contributed by atoms with Crippen molar-refractivity contribution in [3.05, 3.63) is 59.4 Å². The maximum atomic E-state index is 11.2. The second kappa shape index (κ2) is 9.24. The van der Waals surface area contributed by atoms with Gasteiger partial charge in [-0.2, -0.15) is 0 Å². The number of thioether (sulfide) groups is 1. The van der Waals surface area contributed by atoms with Gasteiger partial charge in [-0.25, -0.2) is 0 Å². The van der Waals surface area contributed by atoms with Gasteiger partial charge in [0.15, 0.2) is 4.34 Å². The molecule has 30 heavy (non-hydrogen) atoms. The van der Waals surface area contributed by atoms with Gasteiger partial charge < -0.3 is 15.1 Å². The fourth-order valence-corrected chi connectivity index (χ4v) is 4.20. The summed E-state index contributed by atoms with van der Waals surface area (Å²) in [6, 6.07) is 14.6. The number of amides is 1. The zero-order valence-electron chi connectivity index (χ0n) is 15.6. The largest absolute Gasteiger partial charge is 0.420 e. The quantitative estimate of drug-likeness (QED) is 0.362. The van der Waals surface area contributed by atoms with Gasteiger partial charge in [0.2, 0.25) is 22.8 Å². The third-order valence-electron chi connectivity index (χ3n) is 3.72. The molecule has 0 aliphatic carbocycles. The number of hydrogen-bond acceptors (Lipinski definition) is 9. The lowest BCUT2D eigenvalue weighted by atomic mass is 10.2. The summed E-state index contributed by atoms with van der Waals surface area (Å²) in [5.41, 5.74) is 2.32. The van der Waals surface area contributed by atoms with Crippen molar-refractivity contribution < 1.29 is 9.21 Å². The third-order valence-corrected chi connectivity index (χ3v) is 5.93. The Morgan fingerprint density at radius 3 is 2.70 bits per heavy atom. The first-order valence-corrected chi connectivity index (χ1v) is 10.9. The first-order valence-electron chi connectivity index (χ1n) is 8.74. The molecule has 0 saturated heterocycles. The zero-order chi connectivity index (χ0) is 20.9. The van der Waals surface area contributed by atoms with E-state index in [9.17, 15) is 4.79 Å². The van der Waals surface area contributed by atoms with Gasteiger partial charge in [-0.3, -0.25) is 4.79 Å². The number of benzene rings is 2. The van der Waals surface area contributed by atoms with E-state index in [1.54, 1.807) is 12.1 Å². The second-order valence-electron chi connectivity index (χ2n) is 6.06. The number of anilines is 3. The maximum absolute atomic E-state index is 11.2. The molecule has 2 aromatic heterocycles. The number of aromatic nitrogens is 4. The summed E-state index contributed by atoms with van der Waals surface area (Å²) in [4.78, 5) is 11.2. The molecule has 8 nitrogen and oxygen atoms in total. The van der Waals surface area contributed by atoms with E-state index in [0.717, 1.165) is 15.6 Å². The lowest BCUT2D eigenvalue weighted by Crippen LogP contribution is -2.05. The Hall–Kier alpha value is -2.95. The summed E-state index contributed by atoms with van der Waals surface area (Å²) in [5, 5.41) is 23.7.